The topological polar surface area (TPSA) is 65.1 Å². The van der Waals surface area contributed by atoms with Gasteiger partial charge in [-0.25, -0.2) is 12.4 Å². The lowest BCUT2D eigenvalue weighted by molar-refractivity contribution is 0.591. The zero-order chi connectivity index (χ0) is 10.1. The molecule has 0 saturated carbocycles. The van der Waals surface area contributed by atoms with Crippen molar-refractivity contribution >= 4 is 26.0 Å². The molecule has 4 nitrogen and oxygen atoms in total. The van der Waals surface area contributed by atoms with Gasteiger partial charge in [-0.15, -0.1) is 0 Å². The summed E-state index contributed by atoms with van der Waals surface area (Å²) < 4.78 is 24.5. The van der Waals surface area contributed by atoms with Crippen LogP contribution in [0.25, 0.3) is 0 Å². The van der Waals surface area contributed by atoms with E-state index in [2.05, 4.69) is 15.9 Å². The van der Waals surface area contributed by atoms with E-state index < -0.39 is 10.0 Å². The quantitative estimate of drug-likeness (QED) is 0.870. The van der Waals surface area contributed by atoms with E-state index in [0.29, 0.717) is 18.7 Å². The normalized spacial score (nSPS) is 11.9. The second kappa shape index (κ2) is 3.81. The molecule has 6 heteroatoms. The van der Waals surface area contributed by atoms with Gasteiger partial charge in [-0.3, -0.25) is 0 Å². The molecule has 0 atom stereocenters. The van der Waals surface area contributed by atoms with Gasteiger partial charge >= 0.3 is 0 Å². The van der Waals surface area contributed by atoms with Crippen LogP contribution in [0, 0.1) is 0 Å². The highest BCUT2D eigenvalue weighted by Crippen LogP contribution is 2.16. The van der Waals surface area contributed by atoms with E-state index in [1.807, 2.05) is 0 Å². The molecule has 0 aliphatic heterocycles. The number of aromatic nitrogens is 1. The molecule has 0 aliphatic carbocycles. The van der Waals surface area contributed by atoms with Crippen LogP contribution < -0.4 is 5.73 Å². The highest BCUT2D eigenvalue weighted by Gasteiger charge is 2.11. The van der Waals surface area contributed by atoms with E-state index in [1.165, 1.54) is 16.4 Å². The van der Waals surface area contributed by atoms with Crippen molar-refractivity contribution in [2.75, 3.05) is 12.8 Å². The molecule has 0 saturated heterocycles. The summed E-state index contributed by atoms with van der Waals surface area (Å²) in [5.74, 6) is 0. The summed E-state index contributed by atoms with van der Waals surface area (Å²) >= 11 is 3.22. The second-order valence-electron chi connectivity index (χ2n) is 2.75. The average molecular weight is 267 g/mol. The molecular weight excluding hydrogens is 256 g/mol. The maximum absolute atomic E-state index is 11.2. The van der Waals surface area contributed by atoms with E-state index in [1.54, 1.807) is 6.07 Å². The fourth-order valence-electron chi connectivity index (χ4n) is 1.09. The Morgan fingerprint density at radius 2 is 2.23 bits per heavy atom. The van der Waals surface area contributed by atoms with Gasteiger partial charge in [0, 0.05) is 22.8 Å². The van der Waals surface area contributed by atoms with E-state index in [0.717, 1.165) is 4.47 Å². The molecule has 0 unspecified atom stereocenters. The largest absolute Gasteiger partial charge is 0.330 e. The summed E-state index contributed by atoms with van der Waals surface area (Å²) in [7, 11) is -3.20. The highest BCUT2D eigenvalue weighted by atomic mass is 79.9. The van der Waals surface area contributed by atoms with Crippen molar-refractivity contribution in [1.82, 2.24) is 3.97 Å². The van der Waals surface area contributed by atoms with Crippen LogP contribution in [0.15, 0.2) is 16.7 Å². The Bertz CT molecular complexity index is 397. The minimum Gasteiger partial charge on any atom is -0.330 e. The van der Waals surface area contributed by atoms with Gasteiger partial charge < -0.3 is 5.73 Å². The smallest absolute Gasteiger partial charge is 0.235 e. The average Bonchev–Trinajstić information content (AvgIpc) is 2.30. The minimum atomic E-state index is -3.20. The monoisotopic (exact) mass is 266 g/mol. The Hall–Kier alpha value is -0.330. The van der Waals surface area contributed by atoms with Gasteiger partial charge in [0.05, 0.1) is 6.26 Å². The van der Waals surface area contributed by atoms with Crippen molar-refractivity contribution in [3.05, 3.63) is 22.4 Å². The number of hydrogen-bond acceptors (Lipinski definition) is 3. The second-order valence-corrected chi connectivity index (χ2v) is 5.52. The predicted molar refractivity (Wildman–Crippen MR) is 55.1 cm³/mol. The first-order valence-electron chi connectivity index (χ1n) is 3.72. The Morgan fingerprint density at radius 3 is 2.69 bits per heavy atom. The molecule has 0 amide bonds. The fourth-order valence-corrected chi connectivity index (χ4v) is 2.57. The Balaban J connectivity index is 3.20. The zero-order valence-corrected chi connectivity index (χ0v) is 9.60. The van der Waals surface area contributed by atoms with Crippen LogP contribution in [-0.2, 0) is 16.4 Å². The van der Waals surface area contributed by atoms with Gasteiger partial charge in [-0.1, -0.05) is 0 Å². The van der Waals surface area contributed by atoms with Crippen molar-refractivity contribution in [2.24, 2.45) is 5.73 Å². The SMILES string of the molecule is CS(=O)(=O)n1cc(Br)cc1CCN. The number of rotatable bonds is 3. The number of nitrogens with zero attached hydrogens (tertiary/aromatic N) is 1. The molecule has 2 N–H and O–H groups in total. The summed E-state index contributed by atoms with van der Waals surface area (Å²) in [6.45, 7) is 0.436. The Morgan fingerprint density at radius 1 is 1.62 bits per heavy atom. The molecule has 13 heavy (non-hydrogen) atoms. The molecule has 0 aliphatic rings. The number of halogens is 1. The Kier molecular flexibility index (Phi) is 3.15. The van der Waals surface area contributed by atoms with Gasteiger partial charge in [0.2, 0.25) is 10.0 Å². The lowest BCUT2D eigenvalue weighted by Gasteiger charge is -2.04. The lowest BCUT2D eigenvalue weighted by atomic mass is 10.3. The van der Waals surface area contributed by atoms with Crippen molar-refractivity contribution in [3.63, 3.8) is 0 Å². The van der Waals surface area contributed by atoms with Crippen molar-refractivity contribution in [2.45, 2.75) is 6.42 Å². The fraction of sp³-hybridized carbons (Fsp3) is 0.429. The van der Waals surface area contributed by atoms with E-state index in [4.69, 9.17) is 5.73 Å². The lowest BCUT2D eigenvalue weighted by Crippen LogP contribution is -2.14. The van der Waals surface area contributed by atoms with E-state index in [9.17, 15) is 8.42 Å². The van der Waals surface area contributed by atoms with Crippen LogP contribution in [0.3, 0.4) is 0 Å². The van der Waals surface area contributed by atoms with Crippen LogP contribution in [0.4, 0.5) is 0 Å². The summed E-state index contributed by atoms with van der Waals surface area (Å²) in [5.41, 5.74) is 6.06. The molecule has 1 aromatic rings. The van der Waals surface area contributed by atoms with Gasteiger partial charge in [-0.2, -0.15) is 0 Å². The standard InChI is InChI=1S/C7H11BrN2O2S/c1-13(11,12)10-5-6(8)4-7(10)2-3-9/h4-5H,2-3,9H2,1H3. The molecule has 0 bridgehead atoms. The van der Waals surface area contributed by atoms with E-state index in [-0.39, 0.29) is 0 Å². The molecule has 74 valence electrons. The van der Waals surface area contributed by atoms with E-state index >= 15 is 0 Å². The molecule has 0 fully saturated rings. The first kappa shape index (κ1) is 10.7. The maximum Gasteiger partial charge on any atom is 0.235 e. The van der Waals surface area contributed by atoms with Gasteiger partial charge in [-0.05, 0) is 28.5 Å². The summed E-state index contributed by atoms with van der Waals surface area (Å²) in [5, 5.41) is 0. The summed E-state index contributed by atoms with van der Waals surface area (Å²) in [4.78, 5) is 0. The zero-order valence-electron chi connectivity index (χ0n) is 7.20. The molecule has 0 spiro atoms. The van der Waals surface area contributed by atoms with Crippen LogP contribution in [0.1, 0.15) is 5.69 Å². The third kappa shape index (κ3) is 2.55. The van der Waals surface area contributed by atoms with Crippen LogP contribution in [-0.4, -0.2) is 25.2 Å². The molecule has 1 heterocycles. The van der Waals surface area contributed by atoms with Gasteiger partial charge in [0.15, 0.2) is 0 Å². The van der Waals surface area contributed by atoms with Crippen LogP contribution in [0.5, 0.6) is 0 Å². The first-order chi connectivity index (χ1) is 5.95. The van der Waals surface area contributed by atoms with Crippen LogP contribution >= 0.6 is 15.9 Å². The molecule has 0 aromatic carbocycles. The summed E-state index contributed by atoms with van der Waals surface area (Å²) in [6.07, 6.45) is 3.25. The number of hydrogen-bond donors (Lipinski definition) is 1. The third-order valence-electron chi connectivity index (χ3n) is 1.59. The molecule has 1 aromatic heterocycles. The minimum absolute atomic E-state index is 0.436. The Labute approximate surface area is 85.9 Å². The predicted octanol–water partition coefficient (Wildman–Crippen LogP) is 0.559. The van der Waals surface area contributed by atoms with Gasteiger partial charge in [0.1, 0.15) is 0 Å². The maximum atomic E-state index is 11.2. The molecule has 1 rings (SSSR count). The molecular formula is C7H11BrN2O2S. The summed E-state index contributed by atoms with van der Waals surface area (Å²) in [6, 6.07) is 1.76. The van der Waals surface area contributed by atoms with Crippen molar-refractivity contribution in [1.29, 1.82) is 0 Å². The number of nitrogens with two attached hydrogens (primary N) is 1. The first-order valence-corrected chi connectivity index (χ1v) is 6.36. The highest BCUT2D eigenvalue weighted by molar-refractivity contribution is 9.10. The van der Waals surface area contributed by atoms with Crippen molar-refractivity contribution < 1.29 is 8.42 Å². The van der Waals surface area contributed by atoms with Crippen molar-refractivity contribution in [3.8, 4) is 0 Å². The third-order valence-corrected chi connectivity index (χ3v) is 3.07. The van der Waals surface area contributed by atoms with Gasteiger partial charge in [0.25, 0.3) is 0 Å². The molecule has 0 radical (unpaired) electrons. The van der Waals surface area contributed by atoms with Crippen LogP contribution in [0.2, 0.25) is 0 Å².